The highest BCUT2D eigenvalue weighted by Crippen LogP contribution is 2.30. The molecule has 10 heteroatoms. The summed E-state index contributed by atoms with van der Waals surface area (Å²) in [6, 6.07) is 13.5. The van der Waals surface area contributed by atoms with E-state index in [1.54, 1.807) is 24.3 Å². The molecule has 0 saturated heterocycles. The van der Waals surface area contributed by atoms with E-state index in [1.165, 1.54) is 25.5 Å². The van der Waals surface area contributed by atoms with E-state index in [0.29, 0.717) is 34.7 Å². The average Bonchev–Trinajstić information content (AvgIpc) is 2.71. The molecule has 3 N–H and O–H groups in total. The lowest BCUT2D eigenvalue weighted by Crippen LogP contribution is -2.18. The van der Waals surface area contributed by atoms with Crippen molar-refractivity contribution in [2.75, 3.05) is 24.3 Å². The van der Waals surface area contributed by atoms with Crippen LogP contribution in [0.15, 0.2) is 59.8 Å². The Bertz CT molecular complexity index is 1090. The van der Waals surface area contributed by atoms with Crippen molar-refractivity contribution in [3.8, 4) is 5.75 Å². The molecule has 1 heterocycles. The Morgan fingerprint density at radius 3 is 2.34 bits per heavy atom. The molecule has 3 aromatic rings. The van der Waals surface area contributed by atoms with E-state index >= 15 is 0 Å². The van der Waals surface area contributed by atoms with Gasteiger partial charge in [0.25, 0.3) is 0 Å². The normalized spacial score (nSPS) is 11.1. The molecule has 0 atom stereocenters. The number of hydrogen-bond acceptors (Lipinski definition) is 7. The predicted octanol–water partition coefficient (Wildman–Crippen LogP) is 3.92. The van der Waals surface area contributed by atoms with Crippen LogP contribution in [0.4, 0.5) is 23.0 Å². The van der Waals surface area contributed by atoms with Gasteiger partial charge in [0.05, 0.1) is 17.2 Å². The molecule has 2 aromatic carbocycles. The number of halogens is 1. The van der Waals surface area contributed by atoms with Gasteiger partial charge < -0.3 is 15.4 Å². The zero-order valence-electron chi connectivity index (χ0n) is 15.8. The van der Waals surface area contributed by atoms with E-state index in [9.17, 15) is 8.42 Å². The van der Waals surface area contributed by atoms with E-state index in [1.807, 2.05) is 19.1 Å². The molecule has 152 valence electrons. The highest BCUT2D eigenvalue weighted by Gasteiger charge is 2.15. The molecular formula is C19H20ClN5O3S. The summed E-state index contributed by atoms with van der Waals surface area (Å²) in [4.78, 5) is 8.51. The van der Waals surface area contributed by atoms with Crippen LogP contribution in [0.25, 0.3) is 0 Å². The van der Waals surface area contributed by atoms with Gasteiger partial charge in [-0.05, 0) is 56.4 Å². The lowest BCUT2D eigenvalue weighted by molar-refractivity contribution is 0.341. The fourth-order valence-electron chi connectivity index (χ4n) is 2.49. The summed E-state index contributed by atoms with van der Waals surface area (Å²) in [5, 5.41) is 6.89. The Hall–Kier alpha value is -2.88. The fraction of sp³-hybridized carbons (Fsp3) is 0.158. The third-order valence-corrected chi connectivity index (χ3v) is 5.54. The summed E-state index contributed by atoms with van der Waals surface area (Å²) in [6.07, 6.45) is 1.40. The summed E-state index contributed by atoms with van der Waals surface area (Å²) in [5.41, 5.74) is 1.29. The zero-order chi connectivity index (χ0) is 20.9. The van der Waals surface area contributed by atoms with Crippen LogP contribution >= 0.6 is 11.6 Å². The quantitative estimate of drug-likeness (QED) is 0.494. The van der Waals surface area contributed by atoms with Crippen molar-refractivity contribution in [2.45, 2.75) is 11.8 Å². The third kappa shape index (κ3) is 5.35. The van der Waals surface area contributed by atoms with Crippen LogP contribution in [0.1, 0.15) is 6.92 Å². The number of nitrogens with zero attached hydrogens (tertiary/aromatic N) is 2. The van der Waals surface area contributed by atoms with Crippen LogP contribution in [0.3, 0.4) is 0 Å². The minimum atomic E-state index is -3.60. The average molecular weight is 434 g/mol. The van der Waals surface area contributed by atoms with Crippen molar-refractivity contribution in [1.29, 1.82) is 0 Å². The first-order chi connectivity index (χ1) is 13.9. The molecular weight excluding hydrogens is 414 g/mol. The number of aromatic nitrogens is 2. The molecule has 0 fully saturated rings. The Kier molecular flexibility index (Phi) is 6.53. The number of sulfonamides is 1. The van der Waals surface area contributed by atoms with Gasteiger partial charge in [0.1, 0.15) is 23.7 Å². The van der Waals surface area contributed by atoms with Crippen molar-refractivity contribution >= 4 is 44.6 Å². The Morgan fingerprint density at radius 1 is 1.00 bits per heavy atom. The van der Waals surface area contributed by atoms with E-state index in [0.717, 1.165) is 5.69 Å². The van der Waals surface area contributed by atoms with E-state index in [2.05, 4.69) is 25.3 Å². The summed E-state index contributed by atoms with van der Waals surface area (Å²) >= 11 is 5.90. The summed E-state index contributed by atoms with van der Waals surface area (Å²) in [5.74, 6) is 1.53. The standard InChI is InChI=1S/C19H20ClN5O3S/c1-3-28-17-9-8-15(29(26,27)21-2)10-16(17)25-19-11-18(22-12-23-19)24-14-6-4-13(20)5-7-14/h4-12,21H,3H2,1-2H3,(H2,22,23,24,25). The van der Waals surface area contributed by atoms with Crippen molar-refractivity contribution in [3.05, 3.63) is 59.9 Å². The molecule has 0 unspecified atom stereocenters. The Labute approximate surface area is 174 Å². The Morgan fingerprint density at radius 2 is 1.69 bits per heavy atom. The monoisotopic (exact) mass is 433 g/mol. The first-order valence-electron chi connectivity index (χ1n) is 8.73. The minimum absolute atomic E-state index is 0.111. The number of ether oxygens (including phenoxy) is 1. The van der Waals surface area contributed by atoms with Crippen molar-refractivity contribution in [2.24, 2.45) is 0 Å². The van der Waals surface area contributed by atoms with Gasteiger partial charge in [-0.1, -0.05) is 11.6 Å². The van der Waals surface area contributed by atoms with Gasteiger partial charge >= 0.3 is 0 Å². The highest BCUT2D eigenvalue weighted by molar-refractivity contribution is 7.89. The van der Waals surface area contributed by atoms with Crippen LogP contribution in [0.5, 0.6) is 5.75 Å². The molecule has 0 aliphatic heterocycles. The van der Waals surface area contributed by atoms with Gasteiger partial charge in [-0.25, -0.2) is 23.1 Å². The van der Waals surface area contributed by atoms with Crippen LogP contribution in [0, 0.1) is 0 Å². The van der Waals surface area contributed by atoms with Crippen molar-refractivity contribution < 1.29 is 13.2 Å². The molecule has 0 aliphatic carbocycles. The topological polar surface area (TPSA) is 105 Å². The molecule has 29 heavy (non-hydrogen) atoms. The number of rotatable bonds is 8. The molecule has 3 rings (SSSR count). The third-order valence-electron chi connectivity index (χ3n) is 3.88. The molecule has 0 spiro atoms. The van der Waals surface area contributed by atoms with Crippen molar-refractivity contribution in [3.63, 3.8) is 0 Å². The van der Waals surface area contributed by atoms with Gasteiger partial charge in [0.2, 0.25) is 10.0 Å². The second kappa shape index (κ2) is 9.08. The lowest BCUT2D eigenvalue weighted by Gasteiger charge is -2.14. The van der Waals surface area contributed by atoms with Crippen molar-refractivity contribution in [1.82, 2.24) is 14.7 Å². The zero-order valence-corrected chi connectivity index (χ0v) is 17.4. The van der Waals surface area contributed by atoms with E-state index in [-0.39, 0.29) is 4.90 Å². The fourth-order valence-corrected chi connectivity index (χ4v) is 3.37. The van der Waals surface area contributed by atoms with Gasteiger partial charge in [-0.2, -0.15) is 0 Å². The summed E-state index contributed by atoms with van der Waals surface area (Å²) < 4.78 is 32.2. The summed E-state index contributed by atoms with van der Waals surface area (Å²) in [6.45, 7) is 2.28. The van der Waals surface area contributed by atoms with E-state index in [4.69, 9.17) is 16.3 Å². The van der Waals surface area contributed by atoms with Crippen LogP contribution in [-0.2, 0) is 10.0 Å². The van der Waals surface area contributed by atoms with Gasteiger partial charge in [-0.15, -0.1) is 0 Å². The number of anilines is 4. The van der Waals surface area contributed by atoms with Gasteiger partial charge in [0.15, 0.2) is 0 Å². The molecule has 0 aliphatic rings. The molecule has 1 aromatic heterocycles. The Balaban J connectivity index is 1.88. The SMILES string of the molecule is CCOc1ccc(S(=O)(=O)NC)cc1Nc1cc(Nc2ccc(Cl)cc2)ncn1. The second-order valence-electron chi connectivity index (χ2n) is 5.84. The number of nitrogens with one attached hydrogen (secondary N) is 3. The summed E-state index contributed by atoms with van der Waals surface area (Å²) in [7, 11) is -2.24. The van der Waals surface area contributed by atoms with E-state index < -0.39 is 10.0 Å². The second-order valence-corrected chi connectivity index (χ2v) is 8.17. The maximum Gasteiger partial charge on any atom is 0.240 e. The molecule has 0 amide bonds. The molecule has 0 radical (unpaired) electrons. The first-order valence-corrected chi connectivity index (χ1v) is 10.6. The number of benzene rings is 2. The molecule has 0 saturated carbocycles. The minimum Gasteiger partial charge on any atom is -0.492 e. The maximum atomic E-state index is 12.1. The van der Waals surface area contributed by atoms with Gasteiger partial charge in [0, 0.05) is 16.8 Å². The lowest BCUT2D eigenvalue weighted by atomic mass is 10.3. The predicted molar refractivity (Wildman–Crippen MR) is 114 cm³/mol. The van der Waals surface area contributed by atoms with Crippen LogP contribution in [0.2, 0.25) is 5.02 Å². The maximum absolute atomic E-state index is 12.1. The van der Waals surface area contributed by atoms with Crippen LogP contribution in [-0.4, -0.2) is 32.0 Å². The highest BCUT2D eigenvalue weighted by atomic mass is 35.5. The largest absolute Gasteiger partial charge is 0.492 e. The smallest absolute Gasteiger partial charge is 0.240 e. The number of hydrogen-bond donors (Lipinski definition) is 3. The molecule has 8 nitrogen and oxygen atoms in total. The first kappa shape index (κ1) is 20.8. The van der Waals surface area contributed by atoms with Gasteiger partial charge in [-0.3, -0.25) is 0 Å². The molecule has 0 bridgehead atoms. The van der Waals surface area contributed by atoms with Crippen LogP contribution < -0.4 is 20.1 Å².